The van der Waals surface area contributed by atoms with E-state index in [1.807, 2.05) is 25.1 Å². The van der Waals surface area contributed by atoms with Crippen LogP contribution in [0.1, 0.15) is 31.4 Å². The molecule has 0 bridgehead atoms. The number of phenolic OH excluding ortho intramolecular Hbond substituents is 1. The van der Waals surface area contributed by atoms with Crippen LogP contribution in [0.5, 0.6) is 5.75 Å². The molecule has 0 fully saturated rings. The van der Waals surface area contributed by atoms with Crippen LogP contribution >= 0.6 is 12.4 Å². The molecule has 0 heterocycles. The van der Waals surface area contributed by atoms with Gasteiger partial charge in [-0.3, -0.25) is 9.59 Å². The van der Waals surface area contributed by atoms with Crippen LogP contribution in [0, 0.1) is 0 Å². The Bertz CT molecular complexity index is 769. The van der Waals surface area contributed by atoms with Crippen LogP contribution in [0.2, 0.25) is 0 Å². The summed E-state index contributed by atoms with van der Waals surface area (Å²) in [5, 5.41) is 14.9. The van der Waals surface area contributed by atoms with Gasteiger partial charge in [-0.2, -0.15) is 0 Å². The largest absolute Gasteiger partial charge is 0.508 e. The van der Waals surface area contributed by atoms with Crippen LogP contribution in [0.3, 0.4) is 0 Å². The maximum absolute atomic E-state index is 12.3. The van der Waals surface area contributed by atoms with Gasteiger partial charge < -0.3 is 21.5 Å². The fourth-order valence-electron chi connectivity index (χ4n) is 2.83. The summed E-state index contributed by atoms with van der Waals surface area (Å²) >= 11 is 0. The van der Waals surface area contributed by atoms with E-state index in [0.717, 1.165) is 18.4 Å². The topological polar surface area (TPSA) is 104 Å². The number of nitrogens with two attached hydrogens (primary N) is 1. The van der Waals surface area contributed by atoms with Crippen LogP contribution in [-0.2, 0) is 22.4 Å². The van der Waals surface area contributed by atoms with E-state index < -0.39 is 12.1 Å². The lowest BCUT2D eigenvalue weighted by molar-refractivity contribution is -0.129. The number of rotatable bonds is 9. The first-order chi connectivity index (χ1) is 13.3. The first kappa shape index (κ1) is 24.5. The summed E-state index contributed by atoms with van der Waals surface area (Å²) in [6.07, 6.45) is 2.02. The second kappa shape index (κ2) is 12.1. The van der Waals surface area contributed by atoms with Gasteiger partial charge in [0.25, 0.3) is 0 Å². The van der Waals surface area contributed by atoms with Crippen molar-refractivity contribution in [1.82, 2.24) is 10.6 Å². The third-order valence-corrected chi connectivity index (χ3v) is 4.58. The molecule has 0 aliphatic rings. The Balaban J connectivity index is 0.00000420. The van der Waals surface area contributed by atoms with Gasteiger partial charge in [0.15, 0.2) is 0 Å². The summed E-state index contributed by atoms with van der Waals surface area (Å²) in [4.78, 5) is 24.6. The fourth-order valence-corrected chi connectivity index (χ4v) is 2.83. The Morgan fingerprint density at radius 1 is 0.931 bits per heavy atom. The van der Waals surface area contributed by atoms with Crippen molar-refractivity contribution in [2.24, 2.45) is 5.73 Å². The minimum Gasteiger partial charge on any atom is -0.508 e. The molecule has 0 radical (unpaired) electrons. The maximum Gasteiger partial charge on any atom is 0.242 e. The van der Waals surface area contributed by atoms with E-state index in [0.29, 0.717) is 6.42 Å². The zero-order chi connectivity index (χ0) is 20.5. The van der Waals surface area contributed by atoms with Gasteiger partial charge in [0.2, 0.25) is 11.8 Å². The van der Waals surface area contributed by atoms with Crippen molar-refractivity contribution >= 4 is 24.2 Å². The minimum atomic E-state index is -0.768. The molecule has 5 N–H and O–H groups in total. The van der Waals surface area contributed by atoms with E-state index in [1.54, 1.807) is 31.2 Å². The predicted octanol–water partition coefficient (Wildman–Crippen LogP) is 2.33. The number of phenols is 1. The lowest BCUT2D eigenvalue weighted by Crippen LogP contribution is -2.52. The number of hydrogen-bond acceptors (Lipinski definition) is 4. The lowest BCUT2D eigenvalue weighted by Gasteiger charge is -2.20. The summed E-state index contributed by atoms with van der Waals surface area (Å²) in [5.41, 5.74) is 8.01. The van der Waals surface area contributed by atoms with Crippen LogP contribution < -0.4 is 16.4 Å². The first-order valence-corrected chi connectivity index (χ1v) is 9.53. The normalized spacial score (nSPS) is 13.5. The van der Waals surface area contributed by atoms with Gasteiger partial charge >= 0.3 is 0 Å². The first-order valence-electron chi connectivity index (χ1n) is 9.53. The molecular formula is C22H30ClN3O3. The Morgan fingerprint density at radius 3 is 2.17 bits per heavy atom. The van der Waals surface area contributed by atoms with Gasteiger partial charge in [-0.1, -0.05) is 42.5 Å². The Morgan fingerprint density at radius 2 is 1.55 bits per heavy atom. The summed E-state index contributed by atoms with van der Waals surface area (Å²) in [5.74, 6) is -0.452. The van der Waals surface area contributed by atoms with Crippen LogP contribution in [0.25, 0.3) is 0 Å². The highest BCUT2D eigenvalue weighted by molar-refractivity contribution is 5.89. The van der Waals surface area contributed by atoms with Crippen molar-refractivity contribution in [2.75, 3.05) is 0 Å². The minimum absolute atomic E-state index is 0. The van der Waals surface area contributed by atoms with E-state index in [1.165, 1.54) is 5.56 Å². The molecule has 2 amide bonds. The number of amides is 2. The van der Waals surface area contributed by atoms with Gasteiger partial charge in [0, 0.05) is 6.04 Å². The molecule has 3 atom stereocenters. The average Bonchev–Trinajstić information content (AvgIpc) is 2.68. The molecule has 0 spiro atoms. The number of aromatic hydroxyl groups is 1. The average molecular weight is 420 g/mol. The van der Waals surface area contributed by atoms with Gasteiger partial charge in [-0.05, 0) is 56.4 Å². The highest BCUT2D eigenvalue weighted by atomic mass is 35.5. The molecule has 2 aromatic carbocycles. The smallest absolute Gasteiger partial charge is 0.242 e. The lowest BCUT2D eigenvalue weighted by atomic mass is 10.1. The van der Waals surface area contributed by atoms with E-state index >= 15 is 0 Å². The van der Waals surface area contributed by atoms with Gasteiger partial charge in [0.05, 0.1) is 6.04 Å². The Labute approximate surface area is 178 Å². The summed E-state index contributed by atoms with van der Waals surface area (Å²) in [6, 6.07) is 15.2. The molecule has 1 unspecified atom stereocenters. The molecule has 158 valence electrons. The number of benzene rings is 2. The second-order valence-corrected chi connectivity index (χ2v) is 7.14. The van der Waals surface area contributed by atoms with Crippen LogP contribution in [-0.4, -0.2) is 35.0 Å². The van der Waals surface area contributed by atoms with E-state index in [4.69, 9.17) is 5.73 Å². The summed E-state index contributed by atoms with van der Waals surface area (Å²) in [6.45, 7) is 3.59. The summed E-state index contributed by atoms with van der Waals surface area (Å²) in [7, 11) is 0. The Hall–Kier alpha value is -2.57. The molecule has 0 saturated carbocycles. The quantitative estimate of drug-likeness (QED) is 0.500. The maximum atomic E-state index is 12.3. The van der Waals surface area contributed by atoms with E-state index in [2.05, 4.69) is 22.8 Å². The van der Waals surface area contributed by atoms with Gasteiger partial charge in [-0.15, -0.1) is 12.4 Å². The molecule has 0 saturated heterocycles. The molecule has 29 heavy (non-hydrogen) atoms. The number of carbonyl (C=O) groups excluding carboxylic acids is 2. The van der Waals surface area contributed by atoms with Gasteiger partial charge in [0.1, 0.15) is 11.8 Å². The zero-order valence-corrected chi connectivity index (χ0v) is 17.6. The number of nitrogens with one attached hydrogen (secondary N) is 2. The van der Waals surface area contributed by atoms with Gasteiger partial charge in [-0.25, -0.2) is 0 Å². The molecule has 6 nitrogen and oxygen atoms in total. The number of carbonyl (C=O) groups is 2. The van der Waals surface area contributed by atoms with Crippen molar-refractivity contribution in [1.29, 1.82) is 0 Å². The van der Waals surface area contributed by atoms with E-state index in [-0.39, 0.29) is 36.0 Å². The molecular weight excluding hydrogens is 390 g/mol. The standard InChI is InChI=1S/C22H29N3O3.ClH/c1-15(8-9-17-6-4-3-5-7-17)24-21(27)16(2)25-22(28)20(23)14-18-10-12-19(26)13-11-18;/h3-7,10-13,15-16,20,26H,8-9,14,23H2,1-2H3,(H,24,27)(H,25,28);1H/t15?,16-,20+;/m1./s1. The molecule has 0 aliphatic heterocycles. The third kappa shape index (κ3) is 8.54. The Kier molecular flexibility index (Phi) is 10.2. The molecule has 0 aromatic heterocycles. The van der Waals surface area contributed by atoms with Crippen LogP contribution in [0.15, 0.2) is 54.6 Å². The predicted molar refractivity (Wildman–Crippen MR) is 117 cm³/mol. The monoisotopic (exact) mass is 419 g/mol. The van der Waals surface area contributed by atoms with Crippen molar-refractivity contribution in [2.45, 2.75) is 51.2 Å². The molecule has 2 aromatic rings. The van der Waals surface area contributed by atoms with Crippen molar-refractivity contribution in [3.05, 3.63) is 65.7 Å². The van der Waals surface area contributed by atoms with Crippen molar-refractivity contribution in [3.63, 3.8) is 0 Å². The molecule has 2 rings (SSSR count). The molecule has 0 aliphatic carbocycles. The zero-order valence-electron chi connectivity index (χ0n) is 16.8. The highest BCUT2D eigenvalue weighted by Crippen LogP contribution is 2.11. The third-order valence-electron chi connectivity index (χ3n) is 4.58. The number of aryl methyl sites for hydroxylation is 1. The fraction of sp³-hybridized carbons (Fsp3) is 0.364. The number of halogens is 1. The number of hydrogen-bond donors (Lipinski definition) is 4. The summed E-state index contributed by atoms with van der Waals surface area (Å²) < 4.78 is 0. The van der Waals surface area contributed by atoms with Crippen LogP contribution in [0.4, 0.5) is 0 Å². The molecule has 7 heteroatoms. The SMILES string of the molecule is CC(CCc1ccccc1)NC(=O)[C@@H](C)NC(=O)[C@@H](N)Cc1ccc(O)cc1.Cl. The van der Waals surface area contributed by atoms with E-state index in [9.17, 15) is 14.7 Å². The van der Waals surface area contributed by atoms with Crippen molar-refractivity contribution < 1.29 is 14.7 Å². The highest BCUT2D eigenvalue weighted by Gasteiger charge is 2.21. The van der Waals surface area contributed by atoms with Crippen molar-refractivity contribution in [3.8, 4) is 5.75 Å². The second-order valence-electron chi connectivity index (χ2n) is 7.14.